The molecule has 4 aromatic rings. The molecule has 3 aromatic carbocycles. The second-order valence-electron chi connectivity index (χ2n) is 8.36. The number of anilines is 1. The predicted octanol–water partition coefficient (Wildman–Crippen LogP) is 5.64. The summed E-state index contributed by atoms with van der Waals surface area (Å²) in [4.78, 5) is 24.8. The number of aromatic nitrogens is 1. The Bertz CT molecular complexity index is 1510. The Morgan fingerprint density at radius 1 is 1.06 bits per heavy atom. The number of carbonyl (C=O) groups is 2. The Labute approximate surface area is 204 Å². The van der Waals surface area contributed by atoms with Crippen molar-refractivity contribution < 1.29 is 14.3 Å². The zero-order chi connectivity index (χ0) is 24.9. The number of carbonyl (C=O) groups excluding carboxylic acids is 2. The number of nitriles is 1. The van der Waals surface area contributed by atoms with Crippen molar-refractivity contribution in [3.63, 3.8) is 0 Å². The number of esters is 1. The van der Waals surface area contributed by atoms with Gasteiger partial charge in [-0.15, -0.1) is 0 Å². The molecule has 35 heavy (non-hydrogen) atoms. The SMILES string of the molecule is COC(=O)c1cccc(Cn2cc(/C=C(/C#N)C(=O)Nc3ccc(C)cc3C)c3ccccc32)c1. The molecule has 1 aromatic heterocycles. The molecule has 1 heterocycles. The molecule has 0 aliphatic heterocycles. The van der Waals surface area contributed by atoms with E-state index in [4.69, 9.17) is 4.74 Å². The molecule has 4 rings (SSSR count). The minimum Gasteiger partial charge on any atom is -0.465 e. The number of rotatable bonds is 6. The van der Waals surface area contributed by atoms with Crippen LogP contribution in [0, 0.1) is 25.2 Å². The number of aryl methyl sites for hydroxylation is 2. The molecule has 0 aliphatic rings. The highest BCUT2D eigenvalue weighted by Crippen LogP contribution is 2.25. The van der Waals surface area contributed by atoms with E-state index in [1.807, 2.05) is 85.3 Å². The van der Waals surface area contributed by atoms with E-state index in [0.29, 0.717) is 17.8 Å². The quantitative estimate of drug-likeness (QED) is 0.228. The molecule has 0 unspecified atom stereocenters. The second kappa shape index (κ2) is 10.1. The van der Waals surface area contributed by atoms with Gasteiger partial charge in [0.05, 0.1) is 12.7 Å². The second-order valence-corrected chi connectivity index (χ2v) is 8.36. The van der Waals surface area contributed by atoms with Gasteiger partial charge in [-0.1, -0.05) is 48.0 Å². The summed E-state index contributed by atoms with van der Waals surface area (Å²) in [6, 6.07) is 22.9. The number of benzene rings is 3. The Hall–Kier alpha value is -4.63. The lowest BCUT2D eigenvalue weighted by molar-refractivity contribution is -0.112. The molecule has 1 N–H and O–H groups in total. The van der Waals surface area contributed by atoms with Gasteiger partial charge >= 0.3 is 5.97 Å². The van der Waals surface area contributed by atoms with Gasteiger partial charge in [-0.05, 0) is 55.3 Å². The van der Waals surface area contributed by atoms with E-state index in [1.165, 1.54) is 7.11 Å². The maximum absolute atomic E-state index is 12.9. The zero-order valence-electron chi connectivity index (χ0n) is 19.8. The lowest BCUT2D eigenvalue weighted by Gasteiger charge is -2.08. The van der Waals surface area contributed by atoms with Gasteiger partial charge in [0, 0.05) is 34.9 Å². The molecule has 0 saturated carbocycles. The van der Waals surface area contributed by atoms with Crippen LogP contribution in [0.5, 0.6) is 0 Å². The standard InChI is InChI=1S/C29H25N3O3/c1-19-11-12-26(20(2)13-19)31-28(33)23(16-30)15-24-18-32(27-10-5-4-9-25(24)27)17-21-7-6-8-22(14-21)29(34)35-3/h4-15,18H,17H2,1-3H3,(H,31,33)/b23-15-. The van der Waals surface area contributed by atoms with E-state index in [0.717, 1.165) is 33.2 Å². The molecule has 0 saturated heterocycles. The molecule has 174 valence electrons. The molecule has 6 heteroatoms. The van der Waals surface area contributed by atoms with Gasteiger partial charge in [0.15, 0.2) is 0 Å². The highest BCUT2D eigenvalue weighted by molar-refractivity contribution is 6.11. The van der Waals surface area contributed by atoms with Gasteiger partial charge in [0.2, 0.25) is 0 Å². The van der Waals surface area contributed by atoms with Crippen LogP contribution in [0.4, 0.5) is 5.69 Å². The van der Waals surface area contributed by atoms with Crippen molar-refractivity contribution in [2.45, 2.75) is 20.4 Å². The van der Waals surface area contributed by atoms with Crippen LogP contribution in [-0.2, 0) is 16.1 Å². The van der Waals surface area contributed by atoms with E-state index >= 15 is 0 Å². The first-order chi connectivity index (χ1) is 16.9. The van der Waals surface area contributed by atoms with Crippen molar-refractivity contribution >= 4 is 34.5 Å². The lowest BCUT2D eigenvalue weighted by atomic mass is 10.1. The van der Waals surface area contributed by atoms with Crippen LogP contribution < -0.4 is 5.32 Å². The number of methoxy groups -OCH3 is 1. The number of amides is 1. The van der Waals surface area contributed by atoms with Crippen LogP contribution in [0.3, 0.4) is 0 Å². The summed E-state index contributed by atoms with van der Waals surface area (Å²) in [6.45, 7) is 4.41. The van der Waals surface area contributed by atoms with Crippen LogP contribution in [-0.4, -0.2) is 23.6 Å². The van der Waals surface area contributed by atoms with Crippen molar-refractivity contribution in [2.75, 3.05) is 12.4 Å². The largest absolute Gasteiger partial charge is 0.465 e. The average Bonchev–Trinajstić information content (AvgIpc) is 3.20. The van der Waals surface area contributed by atoms with Crippen LogP contribution in [0.2, 0.25) is 0 Å². The number of fused-ring (bicyclic) bond motifs is 1. The lowest BCUT2D eigenvalue weighted by Crippen LogP contribution is -2.14. The summed E-state index contributed by atoms with van der Waals surface area (Å²) in [5, 5.41) is 13.5. The third-order valence-electron chi connectivity index (χ3n) is 5.82. The highest BCUT2D eigenvalue weighted by Gasteiger charge is 2.14. The Kier molecular flexibility index (Phi) is 6.79. The van der Waals surface area contributed by atoms with E-state index in [2.05, 4.69) is 5.32 Å². The third kappa shape index (κ3) is 5.15. The zero-order valence-corrected chi connectivity index (χ0v) is 19.8. The van der Waals surface area contributed by atoms with Gasteiger partial charge in [0.1, 0.15) is 11.6 Å². The monoisotopic (exact) mass is 463 g/mol. The van der Waals surface area contributed by atoms with Crippen LogP contribution >= 0.6 is 0 Å². The van der Waals surface area contributed by atoms with Crippen molar-refractivity contribution in [2.24, 2.45) is 0 Å². The smallest absolute Gasteiger partial charge is 0.337 e. The minimum atomic E-state index is -0.456. The first-order valence-corrected chi connectivity index (χ1v) is 11.1. The number of para-hydroxylation sites is 1. The number of hydrogen-bond donors (Lipinski definition) is 1. The summed E-state index contributed by atoms with van der Waals surface area (Å²) in [5.41, 5.74) is 5.85. The highest BCUT2D eigenvalue weighted by atomic mass is 16.5. The molecule has 0 fully saturated rings. The van der Waals surface area contributed by atoms with E-state index in [1.54, 1.807) is 18.2 Å². The number of hydrogen-bond acceptors (Lipinski definition) is 4. The van der Waals surface area contributed by atoms with Gasteiger partial charge in [0.25, 0.3) is 5.91 Å². The summed E-state index contributed by atoms with van der Waals surface area (Å²) in [5.74, 6) is -0.844. The number of ether oxygens (including phenoxy) is 1. The first-order valence-electron chi connectivity index (χ1n) is 11.1. The van der Waals surface area contributed by atoms with E-state index in [-0.39, 0.29) is 11.5 Å². The molecule has 0 bridgehead atoms. The Morgan fingerprint density at radius 3 is 2.60 bits per heavy atom. The molecule has 0 atom stereocenters. The topological polar surface area (TPSA) is 84.1 Å². The van der Waals surface area contributed by atoms with Crippen molar-refractivity contribution in [1.29, 1.82) is 5.26 Å². The predicted molar refractivity (Wildman–Crippen MR) is 137 cm³/mol. The molecule has 1 amide bonds. The van der Waals surface area contributed by atoms with Crippen LogP contribution in [0.15, 0.2) is 78.5 Å². The van der Waals surface area contributed by atoms with E-state index < -0.39 is 5.91 Å². The Balaban J connectivity index is 1.67. The van der Waals surface area contributed by atoms with E-state index in [9.17, 15) is 14.9 Å². The van der Waals surface area contributed by atoms with Gasteiger partial charge in [-0.25, -0.2) is 4.79 Å². The summed E-state index contributed by atoms with van der Waals surface area (Å²) in [6.07, 6.45) is 3.53. The summed E-state index contributed by atoms with van der Waals surface area (Å²) in [7, 11) is 1.36. The van der Waals surface area contributed by atoms with Crippen LogP contribution in [0.25, 0.3) is 17.0 Å². The summed E-state index contributed by atoms with van der Waals surface area (Å²) >= 11 is 0. The van der Waals surface area contributed by atoms with Gasteiger partial charge < -0.3 is 14.6 Å². The van der Waals surface area contributed by atoms with Crippen molar-refractivity contribution in [3.05, 3.63) is 106 Å². The maximum Gasteiger partial charge on any atom is 0.337 e. The minimum absolute atomic E-state index is 0.0144. The number of nitrogens with zero attached hydrogens (tertiary/aromatic N) is 2. The number of nitrogens with one attached hydrogen (secondary N) is 1. The molecule has 0 spiro atoms. The molecular weight excluding hydrogens is 438 g/mol. The molecular formula is C29H25N3O3. The fraction of sp³-hybridized carbons (Fsp3) is 0.138. The fourth-order valence-corrected chi connectivity index (χ4v) is 4.08. The van der Waals surface area contributed by atoms with Crippen LogP contribution in [0.1, 0.15) is 32.6 Å². The summed E-state index contributed by atoms with van der Waals surface area (Å²) < 4.78 is 6.86. The average molecular weight is 464 g/mol. The normalized spacial score (nSPS) is 11.2. The molecule has 6 nitrogen and oxygen atoms in total. The first kappa shape index (κ1) is 23.5. The molecule has 0 radical (unpaired) electrons. The fourth-order valence-electron chi connectivity index (χ4n) is 4.08. The van der Waals surface area contributed by atoms with Gasteiger partial charge in [-0.3, -0.25) is 4.79 Å². The third-order valence-corrected chi connectivity index (χ3v) is 5.82. The molecule has 0 aliphatic carbocycles. The van der Waals surface area contributed by atoms with Crippen molar-refractivity contribution in [1.82, 2.24) is 4.57 Å². The van der Waals surface area contributed by atoms with Crippen molar-refractivity contribution in [3.8, 4) is 6.07 Å². The maximum atomic E-state index is 12.9. The Morgan fingerprint density at radius 2 is 1.86 bits per heavy atom. The van der Waals surface area contributed by atoms with Gasteiger partial charge in [-0.2, -0.15) is 5.26 Å².